The Hall–Kier alpha value is -4.51. The first kappa shape index (κ1) is 26.1. The molecule has 0 spiro atoms. The van der Waals surface area contributed by atoms with Crippen molar-refractivity contribution in [3.8, 4) is 12.1 Å². The van der Waals surface area contributed by atoms with Crippen LogP contribution in [0.3, 0.4) is 0 Å². The largest absolute Gasteiger partial charge is 0.384 e. The third-order valence-electron chi connectivity index (χ3n) is 8.30. The van der Waals surface area contributed by atoms with Crippen molar-refractivity contribution in [3.63, 3.8) is 0 Å². The van der Waals surface area contributed by atoms with Crippen LogP contribution in [-0.4, -0.2) is 10.9 Å². The van der Waals surface area contributed by atoms with Gasteiger partial charge in [-0.1, -0.05) is 120 Å². The highest BCUT2D eigenvalue weighted by Crippen LogP contribution is 2.63. The van der Waals surface area contributed by atoms with Gasteiger partial charge in [0.15, 0.2) is 11.2 Å². The van der Waals surface area contributed by atoms with Gasteiger partial charge in [-0.25, -0.2) is 0 Å². The molecule has 1 N–H and O–H groups in total. The molecule has 39 heavy (non-hydrogen) atoms. The van der Waals surface area contributed by atoms with Gasteiger partial charge in [0.05, 0.1) is 18.1 Å². The van der Waals surface area contributed by atoms with Crippen LogP contribution in [0.4, 0.5) is 0 Å². The van der Waals surface area contributed by atoms with E-state index in [9.17, 15) is 20.4 Å². The van der Waals surface area contributed by atoms with Gasteiger partial charge >= 0.3 is 0 Å². The molecule has 0 saturated heterocycles. The van der Waals surface area contributed by atoms with Crippen molar-refractivity contribution < 1.29 is 9.90 Å². The topological polar surface area (TPSA) is 84.9 Å². The zero-order valence-electron chi connectivity index (χ0n) is 22.1. The number of aliphatic hydroxyl groups is 1. The van der Waals surface area contributed by atoms with Crippen LogP contribution in [0.15, 0.2) is 109 Å². The number of nitrogens with zero attached hydrogens (tertiary/aromatic N) is 2. The molecule has 1 saturated carbocycles. The lowest BCUT2D eigenvalue weighted by molar-refractivity contribution is -0.0783. The van der Waals surface area contributed by atoms with Gasteiger partial charge in [0, 0.05) is 17.4 Å². The Balaban J connectivity index is 1.85. The zero-order valence-corrected chi connectivity index (χ0v) is 22.1. The smallest absolute Gasteiger partial charge is 0.169 e. The minimum absolute atomic E-state index is 0.0484. The molecule has 0 bridgehead atoms. The lowest BCUT2D eigenvalue weighted by Gasteiger charge is -2.53. The molecule has 4 aromatic rings. The molecule has 5 rings (SSSR count). The quantitative estimate of drug-likeness (QED) is 0.293. The molecule has 0 aromatic heterocycles. The van der Waals surface area contributed by atoms with Gasteiger partial charge in [-0.3, -0.25) is 4.79 Å². The maximum Gasteiger partial charge on any atom is 0.169 e. The van der Waals surface area contributed by atoms with Crippen molar-refractivity contribution in [2.45, 2.75) is 37.7 Å². The van der Waals surface area contributed by atoms with E-state index in [1.807, 2.05) is 98.8 Å². The van der Waals surface area contributed by atoms with Crippen molar-refractivity contribution >= 4 is 5.78 Å². The van der Waals surface area contributed by atoms with Gasteiger partial charge < -0.3 is 5.11 Å². The summed E-state index contributed by atoms with van der Waals surface area (Å²) in [6.45, 7) is 3.95. The van der Waals surface area contributed by atoms with E-state index in [2.05, 4.69) is 12.1 Å². The minimum atomic E-state index is -1.64. The van der Waals surface area contributed by atoms with Crippen LogP contribution in [-0.2, 0) is 5.60 Å². The maximum absolute atomic E-state index is 14.5. The fourth-order valence-corrected chi connectivity index (χ4v) is 6.26. The molecule has 4 heteroatoms. The lowest BCUT2D eigenvalue weighted by atomic mass is 9.48. The van der Waals surface area contributed by atoms with Crippen molar-refractivity contribution in [1.29, 1.82) is 10.5 Å². The summed E-state index contributed by atoms with van der Waals surface area (Å²) in [5, 5.41) is 34.5. The van der Waals surface area contributed by atoms with Gasteiger partial charge in [0.25, 0.3) is 0 Å². The third-order valence-corrected chi connectivity index (χ3v) is 8.30. The molecule has 0 heterocycles. The molecule has 0 radical (unpaired) electrons. The number of nitriles is 2. The van der Waals surface area contributed by atoms with Crippen LogP contribution in [0.1, 0.15) is 56.4 Å². The number of carbonyl (C=O) groups is 1. The van der Waals surface area contributed by atoms with Crippen molar-refractivity contribution in [2.24, 2.45) is 11.3 Å². The molecular weight excluding hydrogens is 480 g/mol. The molecule has 1 fully saturated rings. The second-order valence-corrected chi connectivity index (χ2v) is 10.6. The number of benzene rings is 4. The van der Waals surface area contributed by atoms with Crippen LogP contribution in [0, 0.1) is 47.8 Å². The standard InChI is InChI=1S/C35H30N2O2/c1-24-13-17-26(18-14-24)30-21-35(39,29-11-7-4-8-12-29)32(33(38)28-9-5-3-6-10-28)31(34(30,22-36)23-37)27-19-15-25(2)16-20-27/h3-20,30-32,39H,21H2,1-2H3/t30-,31-,32-,35+/m1/s1. The summed E-state index contributed by atoms with van der Waals surface area (Å²) in [4.78, 5) is 14.5. The second kappa shape index (κ2) is 10.3. The number of aryl methyl sites for hydroxylation is 2. The molecule has 0 amide bonds. The Bertz CT molecular complexity index is 1530. The summed E-state index contributed by atoms with van der Waals surface area (Å²) in [5.41, 5.74) is 1.33. The van der Waals surface area contributed by atoms with Gasteiger partial charge in [-0.2, -0.15) is 10.5 Å². The normalized spacial score (nSPS) is 23.8. The van der Waals surface area contributed by atoms with E-state index in [1.165, 1.54) is 0 Å². The first-order valence-corrected chi connectivity index (χ1v) is 13.2. The molecule has 4 aromatic carbocycles. The second-order valence-electron chi connectivity index (χ2n) is 10.6. The van der Waals surface area contributed by atoms with E-state index in [0.29, 0.717) is 16.7 Å². The molecule has 0 unspecified atom stereocenters. The lowest BCUT2D eigenvalue weighted by Crippen LogP contribution is -2.55. The molecule has 1 aliphatic rings. The predicted octanol–water partition coefficient (Wildman–Crippen LogP) is 7.00. The highest BCUT2D eigenvalue weighted by atomic mass is 16.3. The first-order valence-electron chi connectivity index (χ1n) is 13.2. The maximum atomic E-state index is 14.5. The van der Waals surface area contributed by atoms with Gasteiger partial charge in [-0.15, -0.1) is 0 Å². The van der Waals surface area contributed by atoms with Crippen LogP contribution < -0.4 is 0 Å². The average molecular weight is 511 g/mol. The van der Waals surface area contributed by atoms with Gasteiger partial charge in [0.2, 0.25) is 0 Å². The van der Waals surface area contributed by atoms with E-state index < -0.39 is 28.8 Å². The van der Waals surface area contributed by atoms with Crippen LogP contribution in [0.2, 0.25) is 0 Å². The SMILES string of the molecule is Cc1ccc([C@H]2C[C@](O)(c3ccccc3)[C@@H](C(=O)c3ccccc3)[C@@H](c3ccc(C)cc3)C2(C#N)C#N)cc1. The van der Waals surface area contributed by atoms with Crippen LogP contribution in [0.5, 0.6) is 0 Å². The Morgan fingerprint density at radius 2 is 1.23 bits per heavy atom. The van der Waals surface area contributed by atoms with E-state index in [-0.39, 0.29) is 12.2 Å². The van der Waals surface area contributed by atoms with Crippen molar-refractivity contribution in [1.82, 2.24) is 0 Å². The molecule has 0 aliphatic heterocycles. The number of rotatable bonds is 5. The van der Waals surface area contributed by atoms with E-state index in [1.54, 1.807) is 24.3 Å². The van der Waals surface area contributed by atoms with E-state index in [4.69, 9.17) is 0 Å². The molecule has 4 atom stereocenters. The van der Waals surface area contributed by atoms with E-state index in [0.717, 1.165) is 16.7 Å². The average Bonchev–Trinajstić information content (AvgIpc) is 2.98. The monoisotopic (exact) mass is 510 g/mol. The third kappa shape index (κ3) is 4.44. The zero-order chi connectivity index (χ0) is 27.6. The summed E-state index contributed by atoms with van der Waals surface area (Å²) in [6.07, 6.45) is 0.0484. The molecule has 1 aliphatic carbocycles. The van der Waals surface area contributed by atoms with Crippen molar-refractivity contribution in [3.05, 3.63) is 143 Å². The van der Waals surface area contributed by atoms with Crippen LogP contribution >= 0.6 is 0 Å². The number of hydrogen-bond donors (Lipinski definition) is 1. The van der Waals surface area contributed by atoms with Gasteiger partial charge in [0.1, 0.15) is 5.60 Å². The summed E-state index contributed by atoms with van der Waals surface area (Å²) >= 11 is 0. The summed E-state index contributed by atoms with van der Waals surface area (Å²) in [6, 6.07) is 38.3. The minimum Gasteiger partial charge on any atom is -0.384 e. The molecule has 4 nitrogen and oxygen atoms in total. The van der Waals surface area contributed by atoms with Crippen LogP contribution in [0.25, 0.3) is 0 Å². The fraction of sp³-hybridized carbons (Fsp3) is 0.229. The highest BCUT2D eigenvalue weighted by molar-refractivity contribution is 5.99. The number of hydrogen-bond acceptors (Lipinski definition) is 4. The first-order chi connectivity index (χ1) is 18.8. The Morgan fingerprint density at radius 3 is 1.74 bits per heavy atom. The Labute approximate surface area is 229 Å². The van der Waals surface area contributed by atoms with Crippen molar-refractivity contribution in [2.75, 3.05) is 0 Å². The van der Waals surface area contributed by atoms with Gasteiger partial charge in [-0.05, 0) is 37.0 Å². The number of Topliss-reactive ketones (excluding diaryl/α,β-unsaturated/α-hetero) is 1. The fourth-order valence-electron chi connectivity index (χ4n) is 6.26. The highest BCUT2D eigenvalue weighted by Gasteiger charge is 2.64. The predicted molar refractivity (Wildman–Crippen MR) is 151 cm³/mol. The summed E-state index contributed by atoms with van der Waals surface area (Å²) in [7, 11) is 0. The Morgan fingerprint density at radius 1 is 0.744 bits per heavy atom. The summed E-state index contributed by atoms with van der Waals surface area (Å²) < 4.78 is 0. The Kier molecular flexibility index (Phi) is 6.92. The number of ketones is 1. The molecule has 192 valence electrons. The number of carbonyl (C=O) groups excluding carboxylic acids is 1. The van der Waals surface area contributed by atoms with E-state index >= 15 is 0 Å². The molecular formula is C35H30N2O2. The summed E-state index contributed by atoms with van der Waals surface area (Å²) in [5.74, 6) is -2.91.